The molecule has 2 aromatic carbocycles. The van der Waals surface area contributed by atoms with Gasteiger partial charge >= 0.3 is 6.18 Å². The maximum Gasteiger partial charge on any atom is 0.417 e. The van der Waals surface area contributed by atoms with E-state index in [1.54, 1.807) is 22.9 Å². The smallest absolute Gasteiger partial charge is 0.417 e. The first kappa shape index (κ1) is 30.6. The first-order chi connectivity index (χ1) is 19.3. The van der Waals surface area contributed by atoms with Gasteiger partial charge in [-0.25, -0.2) is 13.0 Å². The average molecular weight is 625 g/mol. The first-order valence-corrected chi connectivity index (χ1v) is 15.9. The van der Waals surface area contributed by atoms with Crippen molar-refractivity contribution in [2.75, 3.05) is 6.61 Å². The molecule has 0 bridgehead atoms. The van der Waals surface area contributed by atoms with Crippen molar-refractivity contribution in [3.8, 4) is 11.8 Å². The van der Waals surface area contributed by atoms with Crippen LogP contribution in [0.15, 0.2) is 77.3 Å². The van der Waals surface area contributed by atoms with E-state index >= 15 is 0 Å². The number of rotatable bonds is 11. The summed E-state index contributed by atoms with van der Waals surface area (Å²) in [5.41, 5.74) is -3.08. The Bertz CT molecular complexity index is 1730. The molecule has 0 spiro atoms. The molecular formula is C26H22F3N3O6PS2-. The Morgan fingerprint density at radius 2 is 1.80 bits per heavy atom. The number of alkyl halides is 3. The number of pyridine rings is 1. The van der Waals surface area contributed by atoms with Crippen molar-refractivity contribution in [3.05, 3.63) is 89.7 Å². The molecule has 1 unspecified atom stereocenters. The molecule has 2 heterocycles. The number of aromatic nitrogens is 1. The summed E-state index contributed by atoms with van der Waals surface area (Å²) in [6.07, 6.45) is 0.520. The summed E-state index contributed by atoms with van der Waals surface area (Å²) in [5, 5.41) is 9.45. The molecular weight excluding hydrogens is 602 g/mol. The first-order valence-electron chi connectivity index (χ1n) is 12.0. The van der Waals surface area contributed by atoms with Gasteiger partial charge < -0.3 is 19.1 Å². The monoisotopic (exact) mass is 624 g/mol. The molecule has 0 radical (unpaired) electrons. The van der Waals surface area contributed by atoms with Crippen LogP contribution in [0, 0.1) is 11.3 Å². The second-order valence-corrected chi connectivity index (χ2v) is 13.5. The van der Waals surface area contributed by atoms with Crippen LogP contribution >= 0.6 is 18.9 Å². The van der Waals surface area contributed by atoms with Crippen LogP contribution in [0.25, 0.3) is 10.1 Å². The largest absolute Gasteiger partial charge is 0.809 e. The molecule has 4 rings (SSSR count). The molecule has 1 atom stereocenters. The SMILES string of the molecule is N#Cc1ccc(C(NS(=O)(=O)c2cc3ccc(OCCCC[n+]4ccccc4)cc3s2)P(=O)([O-])[O-])cc1C(F)(F)F. The fourth-order valence-electron chi connectivity index (χ4n) is 3.96. The summed E-state index contributed by atoms with van der Waals surface area (Å²) in [7, 11) is -10.5. The number of hydrogen-bond donors (Lipinski definition) is 1. The fraction of sp³-hybridized carbons (Fsp3) is 0.231. The molecule has 41 heavy (non-hydrogen) atoms. The number of aryl methyl sites for hydroxylation is 1. The number of sulfonamides is 1. The van der Waals surface area contributed by atoms with Crippen molar-refractivity contribution in [1.29, 1.82) is 5.26 Å². The highest BCUT2D eigenvalue weighted by atomic mass is 32.2. The Hall–Kier alpha value is -3.31. The lowest BCUT2D eigenvalue weighted by atomic mass is 10.0. The van der Waals surface area contributed by atoms with E-state index in [0.717, 1.165) is 36.8 Å². The predicted octanol–water partition coefficient (Wildman–Crippen LogP) is 3.83. The van der Waals surface area contributed by atoms with E-state index in [-0.39, 0.29) is 10.3 Å². The molecule has 1 N–H and O–H groups in total. The maximum absolute atomic E-state index is 13.4. The molecule has 0 fully saturated rings. The zero-order valence-corrected chi connectivity index (χ0v) is 23.6. The summed E-state index contributed by atoms with van der Waals surface area (Å²) in [6, 6.07) is 15.0. The second-order valence-electron chi connectivity index (χ2n) is 8.91. The topological polar surface area (TPSA) is 146 Å². The summed E-state index contributed by atoms with van der Waals surface area (Å²) in [6.45, 7) is 1.24. The standard InChI is InChI=1S/C26H23F3N3O6PS2/c27-26(28,29)22-14-19(6-7-20(22)17-30)25(39(33,34)35)31-41(36,37)24-15-18-8-9-21(16-23(18)40-24)38-13-5-4-12-32-10-2-1-3-11-32/h1-3,6-11,14-16,25,31H,4-5,12-13H2,(H-,33,34,35)/p-1. The van der Waals surface area contributed by atoms with E-state index in [2.05, 4.69) is 0 Å². The van der Waals surface area contributed by atoms with E-state index in [9.17, 15) is 35.9 Å². The number of nitrogens with zero attached hydrogens (tertiary/aromatic N) is 2. The van der Waals surface area contributed by atoms with Crippen molar-refractivity contribution in [3.63, 3.8) is 0 Å². The summed E-state index contributed by atoms with van der Waals surface area (Å²) >= 11 is 0.770. The molecule has 9 nitrogen and oxygen atoms in total. The third-order valence-electron chi connectivity index (χ3n) is 5.96. The molecule has 0 aliphatic rings. The van der Waals surface area contributed by atoms with Crippen LogP contribution in [0.4, 0.5) is 13.2 Å². The third-order valence-corrected chi connectivity index (χ3v) is 10.2. The molecule has 216 valence electrons. The van der Waals surface area contributed by atoms with Gasteiger partial charge in [-0.1, -0.05) is 12.1 Å². The summed E-state index contributed by atoms with van der Waals surface area (Å²) in [5.74, 6) is -2.05. The second kappa shape index (κ2) is 12.3. The third kappa shape index (κ3) is 7.71. The van der Waals surface area contributed by atoms with Crippen LogP contribution in [0.1, 0.15) is 35.3 Å². The molecule has 0 amide bonds. The van der Waals surface area contributed by atoms with E-state index in [1.165, 1.54) is 12.1 Å². The zero-order chi connectivity index (χ0) is 29.8. The lowest BCUT2D eigenvalue weighted by Crippen LogP contribution is -2.35. The Morgan fingerprint density at radius 1 is 1.07 bits per heavy atom. The van der Waals surface area contributed by atoms with Gasteiger partial charge in [0.1, 0.15) is 16.5 Å². The van der Waals surface area contributed by atoms with Crippen LogP contribution in [-0.2, 0) is 27.3 Å². The van der Waals surface area contributed by atoms with Crippen LogP contribution in [-0.4, -0.2) is 15.0 Å². The number of benzene rings is 2. The van der Waals surface area contributed by atoms with Crippen molar-refractivity contribution >= 4 is 39.0 Å². The maximum atomic E-state index is 13.4. The van der Waals surface area contributed by atoms with Crippen LogP contribution < -0.4 is 23.8 Å². The predicted molar refractivity (Wildman–Crippen MR) is 140 cm³/mol. The minimum Gasteiger partial charge on any atom is -0.809 e. The molecule has 0 saturated heterocycles. The quantitative estimate of drug-likeness (QED) is 0.152. The number of unbranched alkanes of at least 4 members (excludes halogenated alkanes) is 1. The van der Waals surface area contributed by atoms with E-state index in [4.69, 9.17) is 10.00 Å². The van der Waals surface area contributed by atoms with E-state index < -0.39 is 46.3 Å². The van der Waals surface area contributed by atoms with Gasteiger partial charge in [0.15, 0.2) is 12.4 Å². The van der Waals surface area contributed by atoms with Gasteiger partial charge in [-0.2, -0.15) is 23.2 Å². The van der Waals surface area contributed by atoms with E-state index in [1.807, 2.05) is 35.2 Å². The lowest BCUT2D eigenvalue weighted by molar-refractivity contribution is -0.697. The molecule has 15 heteroatoms. The highest BCUT2D eigenvalue weighted by Gasteiger charge is 2.35. The Morgan fingerprint density at radius 3 is 2.46 bits per heavy atom. The highest BCUT2D eigenvalue weighted by Crippen LogP contribution is 2.45. The minimum atomic E-state index is -5.85. The number of nitriles is 1. The number of hydrogen-bond acceptors (Lipinski definition) is 8. The van der Waals surface area contributed by atoms with Gasteiger partial charge in [0, 0.05) is 23.3 Å². The van der Waals surface area contributed by atoms with Crippen LogP contribution in [0.3, 0.4) is 0 Å². The minimum absolute atomic E-state index is 0.279. The number of nitrogens with one attached hydrogen (secondary N) is 1. The summed E-state index contributed by atoms with van der Waals surface area (Å²) < 4.78 is 88.0. The van der Waals surface area contributed by atoms with Crippen LogP contribution in [0.5, 0.6) is 5.75 Å². The number of halogens is 3. The average Bonchev–Trinajstić information content (AvgIpc) is 3.35. The van der Waals surface area contributed by atoms with Gasteiger partial charge in [-0.05, 0) is 61.4 Å². The molecule has 0 aliphatic heterocycles. The number of fused-ring (bicyclic) bond motifs is 1. The van der Waals surface area contributed by atoms with Crippen molar-refractivity contribution in [2.24, 2.45) is 0 Å². The van der Waals surface area contributed by atoms with Gasteiger partial charge in [0.2, 0.25) is 0 Å². The summed E-state index contributed by atoms with van der Waals surface area (Å²) in [4.78, 5) is 24.0. The highest BCUT2D eigenvalue weighted by molar-refractivity contribution is 7.92. The molecule has 2 aromatic heterocycles. The normalized spacial score (nSPS) is 13.2. The molecule has 0 aliphatic carbocycles. The van der Waals surface area contributed by atoms with Crippen molar-refractivity contribution in [2.45, 2.75) is 35.6 Å². The van der Waals surface area contributed by atoms with Crippen molar-refractivity contribution in [1.82, 2.24) is 4.72 Å². The van der Waals surface area contributed by atoms with Crippen LogP contribution in [0.2, 0.25) is 0 Å². The fourth-order valence-corrected chi connectivity index (χ4v) is 7.93. The van der Waals surface area contributed by atoms with Gasteiger partial charge in [-0.3, -0.25) is 0 Å². The number of thiophene rings is 1. The molecule has 0 saturated carbocycles. The van der Waals surface area contributed by atoms with E-state index in [0.29, 0.717) is 28.5 Å². The molecule has 4 aromatic rings. The zero-order valence-electron chi connectivity index (χ0n) is 21.1. The number of ether oxygens (including phenoxy) is 1. The Balaban J connectivity index is 1.50. The van der Waals surface area contributed by atoms with Gasteiger partial charge in [0.25, 0.3) is 10.0 Å². The van der Waals surface area contributed by atoms with Gasteiger partial charge in [-0.15, -0.1) is 11.3 Å². The van der Waals surface area contributed by atoms with Crippen molar-refractivity contribution < 1.29 is 45.2 Å². The van der Waals surface area contributed by atoms with Gasteiger partial charge in [0.05, 0.1) is 29.6 Å². The lowest BCUT2D eigenvalue weighted by Gasteiger charge is -2.38. The Kier molecular flexibility index (Phi) is 9.18. The Labute approximate surface area is 237 Å².